The topological polar surface area (TPSA) is 52.6 Å². The second kappa shape index (κ2) is 10.2. The van der Waals surface area contributed by atoms with Crippen LogP contribution in [0, 0.1) is 5.41 Å². The lowest BCUT2D eigenvalue weighted by Gasteiger charge is -2.29. The number of hydrogen-bond donors (Lipinski definition) is 0. The van der Waals surface area contributed by atoms with Crippen molar-refractivity contribution < 1.29 is 19.1 Å². The van der Waals surface area contributed by atoms with Gasteiger partial charge in [0.1, 0.15) is 6.10 Å². The van der Waals surface area contributed by atoms with Crippen LogP contribution in [0.15, 0.2) is 24.3 Å². The normalized spacial score (nSPS) is 12.5. The summed E-state index contributed by atoms with van der Waals surface area (Å²) in [6.45, 7) is 10.7. The van der Waals surface area contributed by atoms with Crippen LogP contribution in [0.3, 0.4) is 0 Å². The summed E-state index contributed by atoms with van der Waals surface area (Å²) in [7, 11) is 0. The zero-order valence-corrected chi connectivity index (χ0v) is 16.3. The van der Waals surface area contributed by atoms with E-state index in [2.05, 4.69) is 6.92 Å². The summed E-state index contributed by atoms with van der Waals surface area (Å²) in [5, 5.41) is 0. The summed E-state index contributed by atoms with van der Waals surface area (Å²) in [6.07, 6.45) is 4.88. The second-order valence-corrected chi connectivity index (χ2v) is 7.44. The molecule has 0 aliphatic carbocycles. The molecule has 0 saturated heterocycles. The maximum Gasteiger partial charge on any atom is 0.338 e. The lowest BCUT2D eigenvalue weighted by Crippen LogP contribution is -2.31. The van der Waals surface area contributed by atoms with E-state index in [-0.39, 0.29) is 23.5 Å². The van der Waals surface area contributed by atoms with E-state index in [0.717, 1.165) is 32.1 Å². The number of unbranched alkanes of at least 4 members (excludes halogenated alkanes) is 3. The second-order valence-electron chi connectivity index (χ2n) is 7.44. The zero-order valence-electron chi connectivity index (χ0n) is 16.3. The highest BCUT2D eigenvalue weighted by molar-refractivity contribution is 5.93. The largest absolute Gasteiger partial charge is 0.462 e. The first-order valence-electron chi connectivity index (χ1n) is 9.27. The van der Waals surface area contributed by atoms with Crippen molar-refractivity contribution in [3.8, 4) is 0 Å². The van der Waals surface area contributed by atoms with E-state index >= 15 is 0 Å². The maximum absolute atomic E-state index is 12.3. The van der Waals surface area contributed by atoms with Gasteiger partial charge in [-0.05, 0) is 42.5 Å². The molecule has 0 aliphatic rings. The van der Waals surface area contributed by atoms with Crippen molar-refractivity contribution in [1.82, 2.24) is 0 Å². The number of hydrogen-bond acceptors (Lipinski definition) is 4. The highest BCUT2D eigenvalue weighted by Gasteiger charge is 2.27. The Morgan fingerprint density at radius 2 is 1.48 bits per heavy atom. The lowest BCUT2D eigenvalue weighted by molar-refractivity contribution is -0.00406. The standard InChI is InChI=1S/C21H32O4/c1-6-8-9-10-15-24-19(22)16-11-13-17(14-12-16)20(23)25-18(7-2)21(3,4)5/h11-14,18H,6-10,15H2,1-5H3. The van der Waals surface area contributed by atoms with Crippen molar-refractivity contribution in [2.75, 3.05) is 6.61 Å². The Hall–Kier alpha value is -1.84. The van der Waals surface area contributed by atoms with Crippen molar-refractivity contribution in [3.05, 3.63) is 35.4 Å². The van der Waals surface area contributed by atoms with Crippen molar-refractivity contribution in [3.63, 3.8) is 0 Å². The Bertz CT molecular complexity index is 540. The van der Waals surface area contributed by atoms with Crippen LogP contribution < -0.4 is 0 Å². The molecular formula is C21H32O4. The fourth-order valence-corrected chi connectivity index (χ4v) is 2.59. The summed E-state index contributed by atoms with van der Waals surface area (Å²) in [6, 6.07) is 6.46. The molecule has 4 nitrogen and oxygen atoms in total. The maximum atomic E-state index is 12.3. The van der Waals surface area contributed by atoms with E-state index < -0.39 is 0 Å². The van der Waals surface area contributed by atoms with Crippen LogP contribution in [0.5, 0.6) is 0 Å². The van der Waals surface area contributed by atoms with Gasteiger partial charge in [-0.2, -0.15) is 0 Å². The molecule has 25 heavy (non-hydrogen) atoms. The van der Waals surface area contributed by atoms with Crippen LogP contribution in [0.2, 0.25) is 0 Å². The number of rotatable bonds is 9. The van der Waals surface area contributed by atoms with Crippen LogP contribution in [0.1, 0.15) is 87.4 Å². The quantitative estimate of drug-likeness (QED) is 0.442. The summed E-state index contributed by atoms with van der Waals surface area (Å²) >= 11 is 0. The minimum Gasteiger partial charge on any atom is -0.462 e. The van der Waals surface area contributed by atoms with E-state index in [4.69, 9.17) is 9.47 Å². The van der Waals surface area contributed by atoms with Gasteiger partial charge in [0.05, 0.1) is 17.7 Å². The van der Waals surface area contributed by atoms with Crippen molar-refractivity contribution >= 4 is 11.9 Å². The first-order chi connectivity index (χ1) is 11.8. The lowest BCUT2D eigenvalue weighted by atomic mass is 9.87. The molecule has 140 valence electrons. The fraction of sp³-hybridized carbons (Fsp3) is 0.619. The van der Waals surface area contributed by atoms with E-state index in [9.17, 15) is 9.59 Å². The van der Waals surface area contributed by atoms with Crippen molar-refractivity contribution in [1.29, 1.82) is 0 Å². The summed E-state index contributed by atoms with van der Waals surface area (Å²) in [4.78, 5) is 24.3. The van der Waals surface area contributed by atoms with Crippen LogP contribution in [-0.4, -0.2) is 24.6 Å². The smallest absolute Gasteiger partial charge is 0.338 e. The zero-order chi connectivity index (χ0) is 18.9. The highest BCUT2D eigenvalue weighted by Crippen LogP contribution is 2.25. The summed E-state index contributed by atoms with van der Waals surface area (Å²) in [5.41, 5.74) is 0.795. The third-order valence-corrected chi connectivity index (χ3v) is 4.17. The molecule has 0 amide bonds. The summed E-state index contributed by atoms with van der Waals surface area (Å²) in [5.74, 6) is -0.709. The van der Waals surface area contributed by atoms with Crippen molar-refractivity contribution in [2.24, 2.45) is 5.41 Å². The molecule has 0 bridgehead atoms. The first kappa shape index (κ1) is 21.2. The molecule has 4 heteroatoms. The van der Waals surface area contributed by atoms with E-state index in [1.807, 2.05) is 27.7 Å². The monoisotopic (exact) mass is 348 g/mol. The first-order valence-corrected chi connectivity index (χ1v) is 9.27. The van der Waals surface area contributed by atoms with Gasteiger partial charge in [0.2, 0.25) is 0 Å². The Kier molecular flexibility index (Phi) is 8.67. The molecule has 0 aromatic heterocycles. The van der Waals surface area contributed by atoms with Gasteiger partial charge in [-0.15, -0.1) is 0 Å². The number of benzene rings is 1. The predicted octanol–water partition coefficient (Wildman–Crippen LogP) is 5.41. The minimum absolute atomic E-state index is 0.105. The third-order valence-electron chi connectivity index (χ3n) is 4.17. The number of carbonyl (C=O) groups is 2. The third kappa shape index (κ3) is 7.29. The molecule has 0 radical (unpaired) electrons. The van der Waals surface area contributed by atoms with Gasteiger partial charge in [-0.1, -0.05) is 53.9 Å². The highest BCUT2D eigenvalue weighted by atomic mass is 16.5. The SMILES string of the molecule is CCCCCCOC(=O)c1ccc(C(=O)OC(CC)C(C)(C)C)cc1. The van der Waals surface area contributed by atoms with Crippen LogP contribution in [0.25, 0.3) is 0 Å². The molecule has 0 aliphatic heterocycles. The Balaban J connectivity index is 2.57. The predicted molar refractivity (Wildman–Crippen MR) is 99.8 cm³/mol. The average Bonchev–Trinajstić information content (AvgIpc) is 2.58. The number of ether oxygens (including phenoxy) is 2. The van der Waals surface area contributed by atoms with Gasteiger partial charge in [-0.3, -0.25) is 0 Å². The molecule has 1 aromatic carbocycles. The molecule has 0 N–H and O–H groups in total. The van der Waals surface area contributed by atoms with Gasteiger partial charge >= 0.3 is 11.9 Å². The number of carbonyl (C=O) groups excluding carboxylic acids is 2. The molecule has 0 saturated carbocycles. The average molecular weight is 348 g/mol. The fourth-order valence-electron chi connectivity index (χ4n) is 2.59. The van der Waals surface area contributed by atoms with Crippen LogP contribution in [-0.2, 0) is 9.47 Å². The Morgan fingerprint density at radius 1 is 0.920 bits per heavy atom. The van der Waals surface area contributed by atoms with Gasteiger partial charge in [0.25, 0.3) is 0 Å². The van der Waals surface area contributed by atoms with Gasteiger partial charge in [0.15, 0.2) is 0 Å². The minimum atomic E-state index is -0.360. The number of esters is 2. The molecule has 0 spiro atoms. The van der Waals surface area contributed by atoms with Crippen LogP contribution in [0.4, 0.5) is 0 Å². The van der Waals surface area contributed by atoms with E-state index in [1.54, 1.807) is 24.3 Å². The van der Waals surface area contributed by atoms with Gasteiger partial charge in [0, 0.05) is 0 Å². The molecule has 1 atom stereocenters. The van der Waals surface area contributed by atoms with Crippen LogP contribution >= 0.6 is 0 Å². The van der Waals surface area contributed by atoms with E-state index in [1.165, 1.54) is 0 Å². The molecule has 1 unspecified atom stereocenters. The molecule has 0 heterocycles. The molecular weight excluding hydrogens is 316 g/mol. The van der Waals surface area contributed by atoms with Gasteiger partial charge < -0.3 is 9.47 Å². The molecule has 1 aromatic rings. The van der Waals surface area contributed by atoms with E-state index in [0.29, 0.717) is 17.7 Å². The molecule has 1 rings (SSSR count). The summed E-state index contributed by atoms with van der Waals surface area (Å²) < 4.78 is 10.8. The van der Waals surface area contributed by atoms with Crippen molar-refractivity contribution in [2.45, 2.75) is 72.8 Å². The van der Waals surface area contributed by atoms with Gasteiger partial charge in [-0.25, -0.2) is 9.59 Å². The molecule has 0 fully saturated rings. The Morgan fingerprint density at radius 3 is 1.96 bits per heavy atom. The Labute approximate surface area is 151 Å².